The van der Waals surface area contributed by atoms with Gasteiger partial charge in [-0.15, -0.1) is 5.10 Å². The maximum atomic E-state index is 11.7. The topological polar surface area (TPSA) is 80.7 Å². The number of nitrogens with one attached hydrogen (secondary N) is 1. The van der Waals surface area contributed by atoms with E-state index in [1.165, 1.54) is 12.4 Å². The first-order valence-corrected chi connectivity index (χ1v) is 5.40. The first-order valence-electron chi connectivity index (χ1n) is 4.24. The van der Waals surface area contributed by atoms with Gasteiger partial charge in [0.05, 0.1) is 18.1 Å². The van der Waals surface area contributed by atoms with Gasteiger partial charge in [-0.25, -0.2) is 9.97 Å². The average molecular weight is 256 g/mol. The fraction of sp³-hybridized carbons (Fsp3) is 0.125. The van der Waals surface area contributed by atoms with Crippen LogP contribution in [0.2, 0.25) is 5.15 Å². The molecule has 0 bridgehead atoms. The summed E-state index contributed by atoms with van der Waals surface area (Å²) in [6.07, 6.45) is 2.74. The molecule has 6 nitrogen and oxygen atoms in total. The number of aryl methyl sites for hydroxylation is 1. The Balaban J connectivity index is 2.14. The Hall–Kier alpha value is -1.60. The lowest BCUT2D eigenvalue weighted by atomic mass is 10.4. The van der Waals surface area contributed by atoms with Crippen molar-refractivity contribution in [1.82, 2.24) is 19.6 Å². The van der Waals surface area contributed by atoms with Gasteiger partial charge in [0, 0.05) is 0 Å². The summed E-state index contributed by atoms with van der Waals surface area (Å²) < 4.78 is 3.67. The van der Waals surface area contributed by atoms with Crippen LogP contribution in [0.3, 0.4) is 0 Å². The summed E-state index contributed by atoms with van der Waals surface area (Å²) in [4.78, 5) is 19.8. The van der Waals surface area contributed by atoms with E-state index in [-0.39, 0.29) is 11.1 Å². The summed E-state index contributed by atoms with van der Waals surface area (Å²) in [7, 11) is 0. The van der Waals surface area contributed by atoms with E-state index in [9.17, 15) is 4.79 Å². The Bertz CT molecular complexity index is 511. The molecule has 0 saturated heterocycles. The van der Waals surface area contributed by atoms with Crippen LogP contribution in [-0.4, -0.2) is 25.5 Å². The van der Waals surface area contributed by atoms with E-state index in [0.29, 0.717) is 16.4 Å². The number of rotatable bonds is 2. The van der Waals surface area contributed by atoms with Gasteiger partial charge in [0.1, 0.15) is 10.0 Å². The zero-order valence-electron chi connectivity index (χ0n) is 8.14. The van der Waals surface area contributed by atoms with Crippen molar-refractivity contribution in [3.8, 4) is 0 Å². The first kappa shape index (κ1) is 10.9. The molecule has 0 spiro atoms. The lowest BCUT2D eigenvalue weighted by molar-refractivity contribution is 0.102. The third kappa shape index (κ3) is 2.31. The number of halogens is 1. The van der Waals surface area contributed by atoms with Crippen molar-refractivity contribution in [2.45, 2.75) is 6.92 Å². The Morgan fingerprint density at radius 3 is 2.81 bits per heavy atom. The van der Waals surface area contributed by atoms with E-state index in [1.54, 1.807) is 6.92 Å². The molecule has 2 aromatic rings. The van der Waals surface area contributed by atoms with E-state index in [1.807, 2.05) is 0 Å². The van der Waals surface area contributed by atoms with E-state index in [0.717, 1.165) is 11.5 Å². The Kier molecular flexibility index (Phi) is 3.07. The molecule has 0 aliphatic heterocycles. The summed E-state index contributed by atoms with van der Waals surface area (Å²) >= 11 is 6.60. The monoisotopic (exact) mass is 255 g/mol. The van der Waals surface area contributed by atoms with Gasteiger partial charge in [-0.3, -0.25) is 4.79 Å². The predicted octanol–water partition coefficient (Wildman–Crippen LogP) is 1.54. The molecule has 2 heterocycles. The minimum Gasteiger partial charge on any atom is -0.304 e. The lowest BCUT2D eigenvalue weighted by Gasteiger charge is -2.01. The standard InChI is InChI=1S/C8H6ClN5OS/c1-4-7(16-14-13-4)8(15)12-6-3-10-5(9)2-11-6/h2-3H,1H3,(H,11,12,15). The number of hydrogen-bond acceptors (Lipinski definition) is 6. The van der Waals surface area contributed by atoms with Crippen LogP contribution in [0, 0.1) is 6.92 Å². The molecule has 82 valence electrons. The van der Waals surface area contributed by atoms with Crippen LogP contribution in [0.25, 0.3) is 0 Å². The van der Waals surface area contributed by atoms with E-state index >= 15 is 0 Å². The SMILES string of the molecule is Cc1nnsc1C(=O)Nc1cnc(Cl)cn1. The minimum atomic E-state index is -0.302. The quantitative estimate of drug-likeness (QED) is 0.880. The number of anilines is 1. The molecule has 0 radical (unpaired) electrons. The van der Waals surface area contributed by atoms with Crippen molar-refractivity contribution in [3.63, 3.8) is 0 Å². The highest BCUT2D eigenvalue weighted by atomic mass is 35.5. The molecule has 1 amide bonds. The zero-order valence-corrected chi connectivity index (χ0v) is 9.71. The number of aromatic nitrogens is 4. The highest BCUT2D eigenvalue weighted by Gasteiger charge is 2.13. The third-order valence-electron chi connectivity index (χ3n) is 1.72. The summed E-state index contributed by atoms with van der Waals surface area (Å²) in [5.74, 6) is 0.0336. The van der Waals surface area contributed by atoms with Crippen LogP contribution in [0.1, 0.15) is 15.4 Å². The molecule has 0 fully saturated rings. The van der Waals surface area contributed by atoms with Crippen molar-refractivity contribution in [1.29, 1.82) is 0 Å². The second-order valence-electron chi connectivity index (χ2n) is 2.87. The normalized spacial score (nSPS) is 10.1. The van der Waals surface area contributed by atoms with Gasteiger partial charge in [-0.1, -0.05) is 16.1 Å². The molecule has 0 saturated carbocycles. The predicted molar refractivity (Wildman–Crippen MR) is 59.6 cm³/mol. The minimum absolute atomic E-state index is 0.272. The Morgan fingerprint density at radius 1 is 1.44 bits per heavy atom. The van der Waals surface area contributed by atoms with Gasteiger partial charge in [0.25, 0.3) is 5.91 Å². The first-order chi connectivity index (χ1) is 7.66. The van der Waals surface area contributed by atoms with Crippen molar-refractivity contribution in [2.75, 3.05) is 5.32 Å². The van der Waals surface area contributed by atoms with Gasteiger partial charge in [-0.2, -0.15) is 0 Å². The van der Waals surface area contributed by atoms with E-state index in [2.05, 4.69) is 24.9 Å². The van der Waals surface area contributed by atoms with E-state index < -0.39 is 0 Å². The Labute approximate surface area is 99.9 Å². The molecule has 8 heteroatoms. The van der Waals surface area contributed by atoms with Crippen molar-refractivity contribution in [2.24, 2.45) is 0 Å². The van der Waals surface area contributed by atoms with Crippen LogP contribution in [0.5, 0.6) is 0 Å². The fourth-order valence-corrected chi connectivity index (χ4v) is 1.64. The maximum Gasteiger partial charge on any atom is 0.270 e. The van der Waals surface area contributed by atoms with Crippen LogP contribution in [-0.2, 0) is 0 Å². The van der Waals surface area contributed by atoms with Gasteiger partial charge >= 0.3 is 0 Å². The zero-order chi connectivity index (χ0) is 11.5. The highest BCUT2D eigenvalue weighted by Crippen LogP contribution is 2.12. The molecular weight excluding hydrogens is 250 g/mol. The number of nitrogens with zero attached hydrogens (tertiary/aromatic N) is 4. The van der Waals surface area contributed by atoms with Crippen molar-refractivity contribution >= 4 is 34.9 Å². The molecule has 2 aromatic heterocycles. The number of carbonyl (C=O) groups is 1. The van der Waals surface area contributed by atoms with Crippen LogP contribution < -0.4 is 5.32 Å². The molecule has 0 atom stereocenters. The number of amides is 1. The molecule has 0 unspecified atom stereocenters. The molecule has 0 aromatic carbocycles. The largest absolute Gasteiger partial charge is 0.304 e. The van der Waals surface area contributed by atoms with Gasteiger partial charge < -0.3 is 5.32 Å². The number of hydrogen-bond donors (Lipinski definition) is 1. The summed E-state index contributed by atoms with van der Waals surface area (Å²) in [5.41, 5.74) is 0.587. The van der Waals surface area contributed by atoms with Gasteiger partial charge in [0.2, 0.25) is 0 Å². The second kappa shape index (κ2) is 4.50. The fourth-order valence-electron chi connectivity index (χ4n) is 0.990. The molecular formula is C8H6ClN5OS. The summed E-state index contributed by atoms with van der Waals surface area (Å²) in [6, 6.07) is 0. The number of carbonyl (C=O) groups excluding carboxylic acids is 1. The molecule has 0 aliphatic rings. The lowest BCUT2D eigenvalue weighted by Crippen LogP contribution is -2.12. The summed E-state index contributed by atoms with van der Waals surface area (Å²) in [5, 5.41) is 6.59. The van der Waals surface area contributed by atoms with Crippen molar-refractivity contribution < 1.29 is 4.79 Å². The average Bonchev–Trinajstić information content (AvgIpc) is 2.68. The Morgan fingerprint density at radius 2 is 2.25 bits per heavy atom. The molecule has 0 aliphatic carbocycles. The van der Waals surface area contributed by atoms with Crippen LogP contribution in [0.4, 0.5) is 5.82 Å². The molecule has 2 rings (SSSR count). The maximum absolute atomic E-state index is 11.7. The van der Waals surface area contributed by atoms with Gasteiger partial charge in [-0.05, 0) is 18.5 Å². The van der Waals surface area contributed by atoms with Crippen LogP contribution in [0.15, 0.2) is 12.4 Å². The van der Waals surface area contributed by atoms with Crippen LogP contribution >= 0.6 is 23.1 Å². The molecule has 1 N–H and O–H groups in total. The summed E-state index contributed by atoms with van der Waals surface area (Å²) in [6.45, 7) is 1.71. The smallest absolute Gasteiger partial charge is 0.270 e. The van der Waals surface area contributed by atoms with Crippen molar-refractivity contribution in [3.05, 3.63) is 28.1 Å². The van der Waals surface area contributed by atoms with E-state index in [4.69, 9.17) is 11.6 Å². The third-order valence-corrected chi connectivity index (χ3v) is 2.74. The highest BCUT2D eigenvalue weighted by molar-refractivity contribution is 7.08. The second-order valence-corrected chi connectivity index (χ2v) is 4.01. The molecule has 16 heavy (non-hydrogen) atoms. The van der Waals surface area contributed by atoms with Gasteiger partial charge in [0.15, 0.2) is 5.82 Å².